The van der Waals surface area contributed by atoms with Gasteiger partial charge in [0.2, 0.25) is 0 Å². The van der Waals surface area contributed by atoms with Crippen molar-refractivity contribution >= 4 is 11.7 Å². The van der Waals surface area contributed by atoms with Crippen LogP contribution in [0.15, 0.2) is 18.2 Å². The fourth-order valence-electron chi connectivity index (χ4n) is 3.25. The number of urea groups is 1. The van der Waals surface area contributed by atoms with E-state index in [2.05, 4.69) is 33.1 Å². The molecule has 1 aromatic carbocycles. The smallest absolute Gasteiger partial charge is 0.319 e. The topological polar surface area (TPSA) is 94.0 Å². The van der Waals surface area contributed by atoms with Gasteiger partial charge in [-0.15, -0.1) is 5.10 Å². The third-order valence-corrected chi connectivity index (χ3v) is 4.72. The summed E-state index contributed by atoms with van der Waals surface area (Å²) in [5, 5.41) is 17.5. The molecule has 1 aliphatic rings. The molecular weight excluding hydrogens is 320 g/mol. The minimum absolute atomic E-state index is 0.191. The minimum Gasteiger partial charge on any atom is -0.494 e. The molecule has 1 saturated carbocycles. The molecule has 2 N–H and O–H groups in total. The van der Waals surface area contributed by atoms with Gasteiger partial charge in [0.15, 0.2) is 5.82 Å². The van der Waals surface area contributed by atoms with Crippen molar-refractivity contribution in [2.45, 2.75) is 45.6 Å². The molecule has 25 heavy (non-hydrogen) atoms. The van der Waals surface area contributed by atoms with Gasteiger partial charge in [-0.05, 0) is 54.3 Å². The lowest BCUT2D eigenvalue weighted by atomic mass is 9.86. The molecule has 134 valence electrons. The van der Waals surface area contributed by atoms with Crippen molar-refractivity contribution in [3.63, 3.8) is 0 Å². The first-order valence-corrected chi connectivity index (χ1v) is 8.59. The Balaban J connectivity index is 1.74. The Hall–Kier alpha value is -2.64. The summed E-state index contributed by atoms with van der Waals surface area (Å²) in [4.78, 5) is 12.3. The molecule has 2 aromatic rings. The maximum Gasteiger partial charge on any atom is 0.319 e. The Labute approximate surface area is 146 Å². The number of amides is 2. The number of methoxy groups -OCH3 is 1. The van der Waals surface area contributed by atoms with Crippen LogP contribution in [0.1, 0.15) is 38.4 Å². The Morgan fingerprint density at radius 1 is 1.32 bits per heavy atom. The quantitative estimate of drug-likeness (QED) is 0.889. The van der Waals surface area contributed by atoms with E-state index in [0.717, 1.165) is 12.8 Å². The van der Waals surface area contributed by atoms with Gasteiger partial charge >= 0.3 is 6.03 Å². The maximum absolute atomic E-state index is 12.3. The van der Waals surface area contributed by atoms with E-state index in [4.69, 9.17) is 4.74 Å². The Bertz CT molecular complexity index is 744. The van der Waals surface area contributed by atoms with Crippen molar-refractivity contribution in [1.82, 2.24) is 25.5 Å². The number of anilines is 1. The van der Waals surface area contributed by atoms with Gasteiger partial charge in [0.25, 0.3) is 0 Å². The van der Waals surface area contributed by atoms with Crippen LogP contribution in [0.3, 0.4) is 0 Å². The normalized spacial score (nSPS) is 20.1. The lowest BCUT2D eigenvalue weighted by Gasteiger charge is -2.29. The number of nitrogens with zero attached hydrogens (tertiary/aromatic N) is 4. The molecule has 0 spiro atoms. The van der Waals surface area contributed by atoms with E-state index < -0.39 is 0 Å². The summed E-state index contributed by atoms with van der Waals surface area (Å²) in [5.41, 5.74) is 1.33. The summed E-state index contributed by atoms with van der Waals surface area (Å²) in [6.07, 6.45) is 4.61. The number of benzene rings is 1. The molecule has 0 radical (unpaired) electrons. The van der Waals surface area contributed by atoms with E-state index in [1.165, 1.54) is 12.8 Å². The number of nitrogens with one attached hydrogen (secondary N) is 2. The Kier molecular flexibility index (Phi) is 5.16. The lowest BCUT2D eigenvalue weighted by molar-refractivity contribution is 0.232. The summed E-state index contributed by atoms with van der Waals surface area (Å²) in [5.74, 6) is 1.77. The van der Waals surface area contributed by atoms with E-state index in [1.807, 2.05) is 0 Å². The second-order valence-electron chi connectivity index (χ2n) is 6.49. The van der Waals surface area contributed by atoms with Crippen LogP contribution in [0.4, 0.5) is 10.5 Å². The van der Waals surface area contributed by atoms with Crippen LogP contribution in [-0.4, -0.2) is 39.4 Å². The van der Waals surface area contributed by atoms with Gasteiger partial charge in [0.05, 0.1) is 7.11 Å². The van der Waals surface area contributed by atoms with Crippen LogP contribution in [0.5, 0.6) is 5.75 Å². The highest BCUT2D eigenvalue weighted by molar-refractivity contribution is 5.90. The lowest BCUT2D eigenvalue weighted by Crippen LogP contribution is -2.43. The molecule has 0 unspecified atom stereocenters. The fourth-order valence-corrected chi connectivity index (χ4v) is 3.25. The van der Waals surface area contributed by atoms with Crippen molar-refractivity contribution in [1.29, 1.82) is 0 Å². The molecular formula is C17H24N6O2. The third kappa shape index (κ3) is 3.89. The zero-order chi connectivity index (χ0) is 17.8. The van der Waals surface area contributed by atoms with Crippen LogP contribution in [0.2, 0.25) is 0 Å². The standard InChI is InChI=1S/C17H24N6O2/c1-11-6-4-5-7-14(11)19-17(24)18-13-8-9-16(25-3)15(10-13)23-12(2)20-21-22-23/h8-11,14H,4-7H2,1-3H3,(H2,18,19,24)/t11-,14+/m1/s1. The summed E-state index contributed by atoms with van der Waals surface area (Å²) < 4.78 is 6.95. The second-order valence-corrected chi connectivity index (χ2v) is 6.49. The van der Waals surface area contributed by atoms with Crippen LogP contribution in [0.25, 0.3) is 5.69 Å². The zero-order valence-corrected chi connectivity index (χ0v) is 14.8. The molecule has 2 atom stereocenters. The minimum atomic E-state index is -0.191. The van der Waals surface area contributed by atoms with E-state index in [9.17, 15) is 4.79 Å². The largest absolute Gasteiger partial charge is 0.494 e. The molecule has 1 heterocycles. The zero-order valence-electron chi connectivity index (χ0n) is 14.8. The highest BCUT2D eigenvalue weighted by Crippen LogP contribution is 2.27. The molecule has 1 fully saturated rings. The predicted molar refractivity (Wildman–Crippen MR) is 94.0 cm³/mol. The number of aromatic nitrogens is 4. The summed E-state index contributed by atoms with van der Waals surface area (Å²) in [6, 6.07) is 5.42. The average Bonchev–Trinajstić information content (AvgIpc) is 3.03. The molecule has 8 heteroatoms. The fraction of sp³-hybridized carbons (Fsp3) is 0.529. The number of aryl methyl sites for hydroxylation is 1. The monoisotopic (exact) mass is 344 g/mol. The molecule has 0 aliphatic heterocycles. The van der Waals surface area contributed by atoms with E-state index in [-0.39, 0.29) is 12.1 Å². The number of tetrazole rings is 1. The summed E-state index contributed by atoms with van der Waals surface area (Å²) >= 11 is 0. The van der Waals surface area contributed by atoms with Crippen molar-refractivity contribution in [3.8, 4) is 11.4 Å². The third-order valence-electron chi connectivity index (χ3n) is 4.72. The molecule has 3 rings (SSSR count). The molecule has 1 aliphatic carbocycles. The van der Waals surface area contributed by atoms with Crippen LogP contribution in [0, 0.1) is 12.8 Å². The number of carbonyl (C=O) groups excluding carboxylic acids is 1. The van der Waals surface area contributed by atoms with Gasteiger partial charge < -0.3 is 15.4 Å². The number of hydrogen-bond donors (Lipinski definition) is 2. The van der Waals surface area contributed by atoms with Gasteiger partial charge in [0, 0.05) is 11.7 Å². The van der Waals surface area contributed by atoms with E-state index >= 15 is 0 Å². The Morgan fingerprint density at radius 2 is 2.12 bits per heavy atom. The maximum atomic E-state index is 12.3. The van der Waals surface area contributed by atoms with Crippen LogP contribution < -0.4 is 15.4 Å². The number of ether oxygens (including phenoxy) is 1. The Morgan fingerprint density at radius 3 is 2.80 bits per heavy atom. The summed E-state index contributed by atoms with van der Waals surface area (Å²) in [7, 11) is 1.59. The van der Waals surface area contributed by atoms with Crippen molar-refractivity contribution in [3.05, 3.63) is 24.0 Å². The first-order valence-electron chi connectivity index (χ1n) is 8.59. The highest BCUT2D eigenvalue weighted by Gasteiger charge is 2.23. The van der Waals surface area contributed by atoms with Crippen LogP contribution >= 0.6 is 0 Å². The average molecular weight is 344 g/mol. The second kappa shape index (κ2) is 7.50. The van der Waals surface area contributed by atoms with Gasteiger partial charge in [0.1, 0.15) is 11.4 Å². The van der Waals surface area contributed by atoms with Crippen molar-refractivity contribution in [2.24, 2.45) is 5.92 Å². The molecule has 8 nitrogen and oxygen atoms in total. The highest BCUT2D eigenvalue weighted by atomic mass is 16.5. The molecule has 2 amide bonds. The van der Waals surface area contributed by atoms with Crippen molar-refractivity contribution in [2.75, 3.05) is 12.4 Å². The SMILES string of the molecule is COc1ccc(NC(=O)N[C@H]2CCCC[C@H]2C)cc1-n1nnnc1C. The molecule has 1 aromatic heterocycles. The van der Waals surface area contributed by atoms with Gasteiger partial charge in [-0.2, -0.15) is 4.68 Å². The molecule has 0 saturated heterocycles. The first kappa shape index (κ1) is 17.2. The first-order chi connectivity index (χ1) is 12.1. The summed E-state index contributed by atoms with van der Waals surface area (Å²) in [6.45, 7) is 3.99. The number of carbonyl (C=O) groups is 1. The van der Waals surface area contributed by atoms with Gasteiger partial charge in [-0.3, -0.25) is 0 Å². The van der Waals surface area contributed by atoms with E-state index in [0.29, 0.717) is 28.9 Å². The number of rotatable bonds is 4. The molecule has 0 bridgehead atoms. The van der Waals surface area contributed by atoms with E-state index in [1.54, 1.807) is 36.9 Å². The predicted octanol–water partition coefficient (Wildman–Crippen LogP) is 2.68. The van der Waals surface area contributed by atoms with Crippen molar-refractivity contribution < 1.29 is 9.53 Å². The van der Waals surface area contributed by atoms with Gasteiger partial charge in [-0.1, -0.05) is 19.8 Å². The number of hydrogen-bond acceptors (Lipinski definition) is 5. The van der Waals surface area contributed by atoms with Crippen LogP contribution in [-0.2, 0) is 0 Å². The van der Waals surface area contributed by atoms with Gasteiger partial charge in [-0.25, -0.2) is 4.79 Å².